The number of halogens is 3. The van der Waals surface area contributed by atoms with Crippen molar-refractivity contribution in [2.24, 2.45) is 0 Å². The minimum absolute atomic E-state index is 0.0165. The molecule has 0 aliphatic heterocycles. The first-order valence-electron chi connectivity index (χ1n) is 3.43. The molecular formula is C8H7Cl2FO. The van der Waals surface area contributed by atoms with Gasteiger partial charge in [0.15, 0.2) is 11.6 Å². The van der Waals surface area contributed by atoms with E-state index in [1.54, 1.807) is 6.92 Å². The van der Waals surface area contributed by atoms with Crippen LogP contribution >= 0.6 is 23.2 Å². The van der Waals surface area contributed by atoms with E-state index in [9.17, 15) is 4.39 Å². The molecule has 0 heterocycles. The van der Waals surface area contributed by atoms with Crippen LogP contribution in [0.25, 0.3) is 0 Å². The van der Waals surface area contributed by atoms with Gasteiger partial charge < -0.3 is 4.74 Å². The second-order valence-electron chi connectivity index (χ2n) is 2.11. The molecule has 0 saturated heterocycles. The Balaban J connectivity index is 3.14. The predicted octanol–water partition coefficient (Wildman–Crippen LogP) is 3.53. The monoisotopic (exact) mass is 208 g/mol. The van der Waals surface area contributed by atoms with Crippen LogP contribution in [0.15, 0.2) is 12.1 Å². The molecule has 0 aromatic heterocycles. The van der Waals surface area contributed by atoms with E-state index in [4.69, 9.17) is 27.9 Å². The molecule has 1 aromatic rings. The maximum Gasteiger partial charge on any atom is 0.185 e. The van der Waals surface area contributed by atoms with Gasteiger partial charge in [-0.25, -0.2) is 4.39 Å². The van der Waals surface area contributed by atoms with Gasteiger partial charge in [-0.2, -0.15) is 0 Å². The zero-order valence-electron chi connectivity index (χ0n) is 6.40. The third kappa shape index (κ3) is 1.82. The summed E-state index contributed by atoms with van der Waals surface area (Å²) in [5, 5.41) is 0.251. The molecular weight excluding hydrogens is 202 g/mol. The SMILES string of the molecule is CCOc1c(Cl)ccc(Cl)c1F. The molecule has 0 saturated carbocycles. The highest BCUT2D eigenvalue weighted by Crippen LogP contribution is 2.32. The molecule has 4 heteroatoms. The van der Waals surface area contributed by atoms with E-state index in [2.05, 4.69) is 0 Å². The van der Waals surface area contributed by atoms with Crippen molar-refractivity contribution in [3.8, 4) is 5.75 Å². The van der Waals surface area contributed by atoms with Gasteiger partial charge in [-0.15, -0.1) is 0 Å². The van der Waals surface area contributed by atoms with Gasteiger partial charge in [0, 0.05) is 0 Å². The molecule has 0 amide bonds. The van der Waals surface area contributed by atoms with Crippen molar-refractivity contribution >= 4 is 23.2 Å². The van der Waals surface area contributed by atoms with Gasteiger partial charge in [0.25, 0.3) is 0 Å². The van der Waals surface area contributed by atoms with Crippen molar-refractivity contribution in [1.29, 1.82) is 0 Å². The van der Waals surface area contributed by atoms with E-state index < -0.39 is 5.82 Å². The van der Waals surface area contributed by atoms with Gasteiger partial charge in [0.1, 0.15) is 0 Å². The number of benzene rings is 1. The van der Waals surface area contributed by atoms with Crippen LogP contribution in [0.3, 0.4) is 0 Å². The van der Waals surface area contributed by atoms with Crippen LogP contribution in [0, 0.1) is 5.82 Å². The van der Waals surface area contributed by atoms with E-state index in [-0.39, 0.29) is 15.8 Å². The van der Waals surface area contributed by atoms with Gasteiger partial charge in [-0.05, 0) is 19.1 Å². The van der Waals surface area contributed by atoms with Crippen molar-refractivity contribution in [2.45, 2.75) is 6.92 Å². The lowest BCUT2D eigenvalue weighted by molar-refractivity contribution is 0.322. The van der Waals surface area contributed by atoms with Crippen LogP contribution in [0.2, 0.25) is 10.0 Å². The highest BCUT2D eigenvalue weighted by Gasteiger charge is 2.11. The largest absolute Gasteiger partial charge is 0.489 e. The number of hydrogen-bond donors (Lipinski definition) is 0. The quantitative estimate of drug-likeness (QED) is 0.677. The highest BCUT2D eigenvalue weighted by molar-refractivity contribution is 6.34. The summed E-state index contributed by atoms with van der Waals surface area (Å²) in [6, 6.07) is 2.89. The fourth-order valence-corrected chi connectivity index (χ4v) is 1.13. The Morgan fingerprint density at radius 1 is 1.33 bits per heavy atom. The lowest BCUT2D eigenvalue weighted by atomic mass is 10.3. The zero-order chi connectivity index (χ0) is 9.14. The summed E-state index contributed by atoms with van der Waals surface area (Å²) in [5.41, 5.74) is 0. The van der Waals surface area contributed by atoms with Crippen molar-refractivity contribution in [3.05, 3.63) is 28.0 Å². The molecule has 0 radical (unpaired) electrons. The lowest BCUT2D eigenvalue weighted by Gasteiger charge is -2.06. The number of rotatable bonds is 2. The molecule has 12 heavy (non-hydrogen) atoms. The van der Waals surface area contributed by atoms with Crippen molar-refractivity contribution in [1.82, 2.24) is 0 Å². The van der Waals surface area contributed by atoms with Crippen molar-refractivity contribution in [2.75, 3.05) is 6.61 Å². The van der Waals surface area contributed by atoms with Crippen LogP contribution in [-0.2, 0) is 0 Å². The first-order valence-corrected chi connectivity index (χ1v) is 4.18. The fraction of sp³-hybridized carbons (Fsp3) is 0.250. The third-order valence-electron chi connectivity index (χ3n) is 1.29. The first-order chi connectivity index (χ1) is 5.66. The summed E-state index contributed by atoms with van der Waals surface area (Å²) in [4.78, 5) is 0. The van der Waals surface area contributed by atoms with Gasteiger partial charge in [-0.3, -0.25) is 0 Å². The van der Waals surface area contributed by atoms with E-state index >= 15 is 0 Å². The summed E-state index contributed by atoms with van der Waals surface area (Å²) in [6.45, 7) is 2.10. The molecule has 1 aromatic carbocycles. The van der Waals surface area contributed by atoms with E-state index in [0.29, 0.717) is 6.61 Å². The molecule has 66 valence electrons. The molecule has 0 bridgehead atoms. The first kappa shape index (κ1) is 9.62. The molecule has 1 rings (SSSR count). The maximum atomic E-state index is 13.1. The Kier molecular flexibility index (Phi) is 3.18. The van der Waals surface area contributed by atoms with Gasteiger partial charge >= 0.3 is 0 Å². The Hall–Kier alpha value is -0.470. The Morgan fingerprint density at radius 2 is 1.92 bits per heavy atom. The van der Waals surface area contributed by atoms with Crippen LogP contribution in [0.5, 0.6) is 5.75 Å². The van der Waals surface area contributed by atoms with E-state index in [1.165, 1.54) is 12.1 Å². The minimum atomic E-state index is -0.606. The molecule has 0 spiro atoms. The van der Waals surface area contributed by atoms with Crippen LogP contribution < -0.4 is 4.74 Å². The van der Waals surface area contributed by atoms with Crippen molar-refractivity contribution in [3.63, 3.8) is 0 Å². The molecule has 0 unspecified atom stereocenters. The Bertz CT molecular complexity index is 289. The van der Waals surface area contributed by atoms with Crippen LogP contribution in [0.4, 0.5) is 4.39 Å². The maximum absolute atomic E-state index is 13.1. The third-order valence-corrected chi connectivity index (χ3v) is 1.88. The van der Waals surface area contributed by atoms with E-state index in [0.717, 1.165) is 0 Å². The summed E-state index contributed by atoms with van der Waals surface area (Å²) >= 11 is 11.2. The fourth-order valence-electron chi connectivity index (χ4n) is 0.785. The molecule has 1 nitrogen and oxygen atoms in total. The van der Waals surface area contributed by atoms with Crippen LogP contribution in [0.1, 0.15) is 6.92 Å². The van der Waals surface area contributed by atoms with Crippen molar-refractivity contribution < 1.29 is 9.13 Å². The van der Waals surface area contributed by atoms with E-state index in [1.807, 2.05) is 0 Å². The van der Waals surface area contributed by atoms with Gasteiger partial charge in [-0.1, -0.05) is 23.2 Å². The number of ether oxygens (including phenoxy) is 1. The average Bonchev–Trinajstić information content (AvgIpc) is 2.06. The Morgan fingerprint density at radius 3 is 2.50 bits per heavy atom. The van der Waals surface area contributed by atoms with Crippen LogP contribution in [-0.4, -0.2) is 6.61 Å². The summed E-state index contributed by atoms with van der Waals surface area (Å²) in [5.74, 6) is -0.585. The second kappa shape index (κ2) is 3.97. The highest BCUT2D eigenvalue weighted by atomic mass is 35.5. The molecule has 0 atom stereocenters. The average molecular weight is 209 g/mol. The molecule has 0 fully saturated rings. The minimum Gasteiger partial charge on any atom is -0.489 e. The van der Waals surface area contributed by atoms with Gasteiger partial charge in [0.05, 0.1) is 16.7 Å². The van der Waals surface area contributed by atoms with Gasteiger partial charge in [0.2, 0.25) is 0 Å². The molecule has 0 N–H and O–H groups in total. The summed E-state index contributed by atoms with van der Waals surface area (Å²) in [6.07, 6.45) is 0. The standard InChI is InChI=1S/C8H7Cl2FO/c1-2-12-8-6(10)4-3-5(9)7(8)11/h3-4H,2H2,1H3. The normalized spacial score (nSPS) is 10.0. The molecule has 0 aliphatic rings. The predicted molar refractivity (Wildman–Crippen MR) is 47.6 cm³/mol. The summed E-state index contributed by atoms with van der Waals surface area (Å²) in [7, 11) is 0. The molecule has 0 aliphatic carbocycles. The lowest BCUT2D eigenvalue weighted by Crippen LogP contribution is -1.95. The zero-order valence-corrected chi connectivity index (χ0v) is 7.92. The second-order valence-corrected chi connectivity index (χ2v) is 2.92. The summed E-state index contributed by atoms with van der Waals surface area (Å²) < 4.78 is 18.1. The smallest absolute Gasteiger partial charge is 0.185 e. The topological polar surface area (TPSA) is 9.23 Å². The Labute approximate surface area is 80.0 Å². The number of hydrogen-bond acceptors (Lipinski definition) is 1.